The molecule has 0 aliphatic carbocycles. The first kappa shape index (κ1) is 13.8. The number of nitrogens with zero attached hydrogens (tertiary/aromatic N) is 1. The van der Waals surface area contributed by atoms with Gasteiger partial charge in [-0.3, -0.25) is 4.79 Å². The van der Waals surface area contributed by atoms with Gasteiger partial charge in [-0.15, -0.1) is 11.3 Å². The summed E-state index contributed by atoms with van der Waals surface area (Å²) in [5.74, 6) is -1.30. The maximum absolute atomic E-state index is 12.6. The topological polar surface area (TPSA) is 68.0 Å². The lowest BCUT2D eigenvalue weighted by Crippen LogP contribution is -2.59. The van der Waals surface area contributed by atoms with Crippen LogP contribution in [0.2, 0.25) is 0 Å². The van der Waals surface area contributed by atoms with E-state index in [-0.39, 0.29) is 5.69 Å². The standard InChI is InChI=1S/C11H10F3N3OS/c1-10(15,11(12,13)14)9(18)17-6-2-3-7-8(4-6)19-5-16-7/h2-5H,15H2,1H3,(H,17,18). The lowest BCUT2D eigenvalue weighted by molar-refractivity contribution is -0.184. The van der Waals surface area contributed by atoms with E-state index >= 15 is 0 Å². The second-order valence-electron chi connectivity index (χ2n) is 4.19. The van der Waals surface area contributed by atoms with Crippen LogP contribution in [0.5, 0.6) is 0 Å². The van der Waals surface area contributed by atoms with Crippen molar-refractivity contribution in [3.05, 3.63) is 23.7 Å². The summed E-state index contributed by atoms with van der Waals surface area (Å²) < 4.78 is 38.6. The maximum atomic E-state index is 12.6. The Morgan fingerprint density at radius 3 is 2.74 bits per heavy atom. The number of aromatic nitrogens is 1. The van der Waals surface area contributed by atoms with Crippen LogP contribution in [-0.4, -0.2) is 22.6 Å². The van der Waals surface area contributed by atoms with Gasteiger partial charge in [0.15, 0.2) is 5.54 Å². The fourth-order valence-electron chi connectivity index (χ4n) is 1.32. The molecule has 1 aromatic carbocycles. The Hall–Kier alpha value is -1.67. The van der Waals surface area contributed by atoms with Gasteiger partial charge in [-0.2, -0.15) is 13.2 Å². The van der Waals surface area contributed by atoms with E-state index in [1.54, 1.807) is 17.6 Å². The Morgan fingerprint density at radius 2 is 2.11 bits per heavy atom. The van der Waals surface area contributed by atoms with E-state index in [0.29, 0.717) is 12.4 Å². The number of alkyl halides is 3. The molecule has 1 amide bonds. The quantitative estimate of drug-likeness (QED) is 0.892. The summed E-state index contributed by atoms with van der Waals surface area (Å²) in [6, 6.07) is 4.65. The molecule has 1 unspecified atom stereocenters. The number of rotatable bonds is 2. The molecular weight excluding hydrogens is 279 g/mol. The highest BCUT2D eigenvalue weighted by Gasteiger charge is 2.53. The summed E-state index contributed by atoms with van der Waals surface area (Å²) in [6.07, 6.45) is -4.81. The van der Waals surface area contributed by atoms with Crippen LogP contribution >= 0.6 is 11.3 Å². The molecule has 2 aromatic rings. The van der Waals surface area contributed by atoms with Gasteiger partial charge in [0, 0.05) is 5.69 Å². The molecule has 0 radical (unpaired) electrons. The molecule has 0 spiro atoms. The molecule has 0 saturated heterocycles. The lowest BCUT2D eigenvalue weighted by Gasteiger charge is -2.26. The van der Waals surface area contributed by atoms with Gasteiger partial charge in [0.05, 0.1) is 15.7 Å². The maximum Gasteiger partial charge on any atom is 0.415 e. The SMILES string of the molecule is CC(N)(C(=O)Nc1ccc2ncsc2c1)C(F)(F)F. The number of anilines is 1. The van der Waals surface area contributed by atoms with E-state index in [1.165, 1.54) is 17.4 Å². The summed E-state index contributed by atoms with van der Waals surface area (Å²) in [4.78, 5) is 15.6. The molecule has 1 atom stereocenters. The average molecular weight is 289 g/mol. The van der Waals surface area contributed by atoms with E-state index in [4.69, 9.17) is 5.73 Å². The molecule has 1 aromatic heterocycles. The molecule has 8 heteroatoms. The van der Waals surface area contributed by atoms with Crippen LogP contribution in [0.1, 0.15) is 6.92 Å². The Bertz CT molecular complexity index is 621. The van der Waals surface area contributed by atoms with Crippen molar-refractivity contribution < 1.29 is 18.0 Å². The number of benzene rings is 1. The second kappa shape index (κ2) is 4.46. The zero-order valence-corrected chi connectivity index (χ0v) is 10.6. The van der Waals surface area contributed by atoms with Crippen LogP contribution in [-0.2, 0) is 4.79 Å². The number of nitrogens with two attached hydrogens (primary N) is 1. The van der Waals surface area contributed by atoms with Gasteiger partial charge < -0.3 is 11.1 Å². The summed E-state index contributed by atoms with van der Waals surface area (Å²) in [6.45, 7) is 0.633. The summed E-state index contributed by atoms with van der Waals surface area (Å²) in [7, 11) is 0. The largest absolute Gasteiger partial charge is 0.415 e. The van der Waals surface area contributed by atoms with Crippen molar-refractivity contribution in [3.63, 3.8) is 0 Å². The van der Waals surface area contributed by atoms with Gasteiger partial charge in [-0.05, 0) is 25.1 Å². The predicted octanol–water partition coefficient (Wildman–Crippen LogP) is 2.51. The number of hydrogen-bond acceptors (Lipinski definition) is 4. The monoisotopic (exact) mass is 289 g/mol. The van der Waals surface area contributed by atoms with E-state index < -0.39 is 17.6 Å². The van der Waals surface area contributed by atoms with Gasteiger partial charge in [-0.1, -0.05) is 0 Å². The smallest absolute Gasteiger partial charge is 0.324 e. The summed E-state index contributed by atoms with van der Waals surface area (Å²) >= 11 is 1.33. The normalized spacial score (nSPS) is 15.2. The first-order chi connectivity index (χ1) is 8.72. The van der Waals surface area contributed by atoms with Crippen LogP contribution in [0, 0.1) is 0 Å². The fourth-order valence-corrected chi connectivity index (χ4v) is 2.04. The molecule has 0 aliphatic rings. The third-order valence-electron chi connectivity index (χ3n) is 2.65. The Kier molecular flexibility index (Phi) is 3.23. The minimum absolute atomic E-state index is 0.252. The molecule has 2 rings (SSSR count). The first-order valence-electron chi connectivity index (χ1n) is 5.22. The Morgan fingerprint density at radius 1 is 1.42 bits per heavy atom. The van der Waals surface area contributed by atoms with Gasteiger partial charge >= 0.3 is 6.18 Å². The van der Waals surface area contributed by atoms with E-state index in [2.05, 4.69) is 10.3 Å². The zero-order chi connectivity index (χ0) is 14.3. The van der Waals surface area contributed by atoms with Crippen LogP contribution in [0.3, 0.4) is 0 Å². The average Bonchev–Trinajstić information content (AvgIpc) is 2.74. The zero-order valence-electron chi connectivity index (χ0n) is 9.78. The molecule has 1 heterocycles. The van der Waals surface area contributed by atoms with Gasteiger partial charge in [-0.25, -0.2) is 4.98 Å². The van der Waals surface area contributed by atoms with E-state index in [9.17, 15) is 18.0 Å². The van der Waals surface area contributed by atoms with Gasteiger partial charge in [0.1, 0.15) is 0 Å². The number of carbonyl (C=O) groups is 1. The summed E-state index contributed by atoms with van der Waals surface area (Å²) in [5, 5.41) is 2.17. The molecule has 0 bridgehead atoms. The molecule has 19 heavy (non-hydrogen) atoms. The number of carbonyl (C=O) groups excluding carboxylic acids is 1. The fraction of sp³-hybridized carbons (Fsp3) is 0.273. The number of nitrogens with one attached hydrogen (secondary N) is 1. The van der Waals surface area contributed by atoms with Crippen LogP contribution in [0.4, 0.5) is 18.9 Å². The lowest BCUT2D eigenvalue weighted by atomic mass is 10.0. The molecule has 3 N–H and O–H groups in total. The van der Waals surface area contributed by atoms with Crippen molar-refractivity contribution in [2.75, 3.05) is 5.32 Å². The molecule has 4 nitrogen and oxygen atoms in total. The number of fused-ring (bicyclic) bond motifs is 1. The van der Waals surface area contributed by atoms with Gasteiger partial charge in [0.2, 0.25) is 0 Å². The van der Waals surface area contributed by atoms with Crippen molar-refractivity contribution in [1.82, 2.24) is 4.98 Å². The van der Waals surface area contributed by atoms with Crippen molar-refractivity contribution in [2.45, 2.75) is 18.6 Å². The van der Waals surface area contributed by atoms with Crippen molar-refractivity contribution in [1.29, 1.82) is 0 Å². The number of hydrogen-bond donors (Lipinski definition) is 2. The van der Waals surface area contributed by atoms with Crippen molar-refractivity contribution in [2.24, 2.45) is 5.73 Å². The van der Waals surface area contributed by atoms with Crippen LogP contribution in [0.15, 0.2) is 23.7 Å². The third-order valence-corrected chi connectivity index (χ3v) is 3.44. The molecular formula is C11H10F3N3OS. The van der Waals surface area contributed by atoms with E-state index in [0.717, 1.165) is 4.70 Å². The van der Waals surface area contributed by atoms with Crippen LogP contribution < -0.4 is 11.1 Å². The van der Waals surface area contributed by atoms with Crippen LogP contribution in [0.25, 0.3) is 10.2 Å². The minimum Gasteiger partial charge on any atom is -0.324 e. The van der Waals surface area contributed by atoms with E-state index in [1.807, 2.05) is 0 Å². The number of thiazole rings is 1. The molecule has 102 valence electrons. The molecule has 0 saturated carbocycles. The number of halogens is 3. The molecule has 0 aliphatic heterocycles. The van der Waals surface area contributed by atoms with Crippen molar-refractivity contribution in [3.8, 4) is 0 Å². The highest BCUT2D eigenvalue weighted by atomic mass is 32.1. The highest BCUT2D eigenvalue weighted by molar-refractivity contribution is 7.16. The third kappa shape index (κ3) is 2.54. The predicted molar refractivity (Wildman–Crippen MR) is 66.9 cm³/mol. The first-order valence-corrected chi connectivity index (χ1v) is 6.10. The number of amides is 1. The molecule has 0 fully saturated rings. The Balaban J connectivity index is 2.23. The minimum atomic E-state index is -4.81. The second-order valence-corrected chi connectivity index (χ2v) is 5.08. The van der Waals surface area contributed by atoms with Crippen molar-refractivity contribution >= 4 is 33.1 Å². The van der Waals surface area contributed by atoms with Gasteiger partial charge in [0.25, 0.3) is 5.91 Å². The Labute approximate surface area is 110 Å². The highest BCUT2D eigenvalue weighted by Crippen LogP contribution is 2.29. The summed E-state index contributed by atoms with van der Waals surface area (Å²) in [5.41, 5.74) is 4.68.